The molecule has 2 heterocycles. The monoisotopic (exact) mass is 455 g/mol. The molecule has 3 rings (SSSR count). The smallest absolute Gasteiger partial charge is 0.111 e. The van der Waals surface area contributed by atoms with E-state index in [0.29, 0.717) is 12.0 Å². The molecular formula is C26H34ClN3S. The Kier molecular flexibility index (Phi) is 8.07. The number of halogens is 1. The third-order valence-corrected chi connectivity index (χ3v) is 7.03. The Morgan fingerprint density at radius 2 is 1.71 bits per heavy atom. The van der Waals surface area contributed by atoms with Crippen molar-refractivity contribution in [3.63, 3.8) is 0 Å². The van der Waals surface area contributed by atoms with Crippen molar-refractivity contribution in [3.05, 3.63) is 75.3 Å². The summed E-state index contributed by atoms with van der Waals surface area (Å²) in [5.74, 6) is 0.926. The number of nitrogens with zero attached hydrogens (tertiary/aromatic N) is 3. The van der Waals surface area contributed by atoms with E-state index in [-0.39, 0.29) is 0 Å². The molecule has 0 saturated heterocycles. The summed E-state index contributed by atoms with van der Waals surface area (Å²) in [6, 6.07) is 7.86. The largest absolute Gasteiger partial charge is 0.292 e. The average molecular weight is 456 g/mol. The molecule has 31 heavy (non-hydrogen) atoms. The highest BCUT2D eigenvalue weighted by molar-refractivity contribution is 7.17. The highest BCUT2D eigenvalue weighted by Crippen LogP contribution is 2.40. The van der Waals surface area contributed by atoms with E-state index in [2.05, 4.69) is 64.6 Å². The van der Waals surface area contributed by atoms with Crippen LogP contribution >= 0.6 is 22.9 Å². The molecule has 1 aliphatic rings. The minimum absolute atomic E-state index is 0.306. The number of thiophene rings is 1. The summed E-state index contributed by atoms with van der Waals surface area (Å²) >= 11 is 7.81. The SMILES string of the molecule is C=C(C)C(C)(C)C.C=C1CN=C(c2ccc(Cl)cc2)c2c(sc(C)c2C)N1C(C)=NC. The van der Waals surface area contributed by atoms with Crippen molar-refractivity contribution in [1.29, 1.82) is 0 Å². The Hall–Kier alpha value is -2.17. The molecular weight excluding hydrogens is 422 g/mol. The van der Waals surface area contributed by atoms with Crippen LogP contribution in [0.5, 0.6) is 0 Å². The van der Waals surface area contributed by atoms with Gasteiger partial charge >= 0.3 is 0 Å². The van der Waals surface area contributed by atoms with Gasteiger partial charge < -0.3 is 0 Å². The highest BCUT2D eigenvalue weighted by atomic mass is 35.5. The van der Waals surface area contributed by atoms with Crippen LogP contribution in [0.25, 0.3) is 0 Å². The molecule has 0 spiro atoms. The van der Waals surface area contributed by atoms with Crippen LogP contribution in [0, 0.1) is 19.3 Å². The zero-order valence-corrected chi connectivity index (χ0v) is 21.6. The Balaban J connectivity index is 0.000000423. The van der Waals surface area contributed by atoms with E-state index in [1.807, 2.05) is 38.2 Å². The number of anilines is 1. The molecule has 1 aromatic heterocycles. The molecule has 0 bridgehead atoms. The van der Waals surface area contributed by atoms with Gasteiger partial charge in [-0.3, -0.25) is 14.9 Å². The molecule has 0 saturated carbocycles. The highest BCUT2D eigenvalue weighted by Gasteiger charge is 2.28. The fraction of sp³-hybridized carbons (Fsp3) is 0.385. The van der Waals surface area contributed by atoms with Gasteiger partial charge in [-0.25, -0.2) is 0 Å². The van der Waals surface area contributed by atoms with Crippen molar-refractivity contribution in [3.8, 4) is 0 Å². The topological polar surface area (TPSA) is 28.0 Å². The van der Waals surface area contributed by atoms with Crippen molar-refractivity contribution in [2.24, 2.45) is 15.4 Å². The maximum Gasteiger partial charge on any atom is 0.111 e. The van der Waals surface area contributed by atoms with Crippen LogP contribution in [-0.4, -0.2) is 25.1 Å². The minimum Gasteiger partial charge on any atom is -0.292 e. The van der Waals surface area contributed by atoms with Gasteiger partial charge in [0.25, 0.3) is 0 Å². The molecule has 0 atom stereocenters. The van der Waals surface area contributed by atoms with Crippen LogP contribution in [0.2, 0.25) is 5.02 Å². The quantitative estimate of drug-likeness (QED) is 0.244. The Morgan fingerprint density at radius 1 is 1.16 bits per heavy atom. The van der Waals surface area contributed by atoms with E-state index in [4.69, 9.17) is 16.6 Å². The summed E-state index contributed by atoms with van der Waals surface area (Å²) in [6.45, 7) is 23.4. The Labute approximate surface area is 196 Å². The summed E-state index contributed by atoms with van der Waals surface area (Å²) < 4.78 is 0. The first-order valence-electron chi connectivity index (χ1n) is 10.4. The third-order valence-electron chi connectivity index (χ3n) is 5.59. The molecule has 0 aliphatic carbocycles. The fourth-order valence-electron chi connectivity index (χ4n) is 2.83. The lowest BCUT2D eigenvalue weighted by atomic mass is 9.89. The van der Waals surface area contributed by atoms with Gasteiger partial charge in [-0.1, -0.05) is 63.2 Å². The predicted molar refractivity (Wildman–Crippen MR) is 141 cm³/mol. The number of hydrogen-bond donors (Lipinski definition) is 0. The molecule has 0 unspecified atom stereocenters. The van der Waals surface area contributed by atoms with Crippen LogP contribution in [0.1, 0.15) is 56.2 Å². The second kappa shape index (κ2) is 9.97. The fourth-order valence-corrected chi connectivity index (χ4v) is 4.20. The van der Waals surface area contributed by atoms with Crippen LogP contribution in [-0.2, 0) is 0 Å². The molecule has 5 heteroatoms. The minimum atomic E-state index is 0.306. The standard InChI is InChI=1S/C19H20ClN3S.C7H14/c1-11-10-22-18(15-6-8-16(20)9-7-15)17-12(2)13(3)24-19(17)23(11)14(4)21-5;1-6(2)7(3,4)5/h6-9H,1,10H2,2-5H3;1H2,2-5H3. The van der Waals surface area contributed by atoms with E-state index >= 15 is 0 Å². The summed E-state index contributed by atoms with van der Waals surface area (Å²) in [5, 5.41) is 1.87. The molecule has 0 radical (unpaired) electrons. The summed E-state index contributed by atoms with van der Waals surface area (Å²) in [4.78, 5) is 12.7. The average Bonchev–Trinajstić information content (AvgIpc) is 2.89. The number of amidine groups is 1. The van der Waals surface area contributed by atoms with E-state index < -0.39 is 0 Å². The molecule has 166 valence electrons. The maximum atomic E-state index is 6.05. The van der Waals surface area contributed by atoms with E-state index in [1.165, 1.54) is 21.6 Å². The van der Waals surface area contributed by atoms with Crippen molar-refractivity contribution in [2.75, 3.05) is 18.5 Å². The van der Waals surface area contributed by atoms with Crippen LogP contribution in [0.15, 0.2) is 58.7 Å². The molecule has 1 aromatic carbocycles. The number of aryl methyl sites for hydroxylation is 1. The van der Waals surface area contributed by atoms with Crippen LogP contribution in [0.4, 0.5) is 5.00 Å². The number of aliphatic imine (C=N–C) groups is 2. The Morgan fingerprint density at radius 3 is 2.19 bits per heavy atom. The second-order valence-corrected chi connectivity index (χ2v) is 10.5. The second-order valence-electron chi connectivity index (χ2n) is 8.84. The van der Waals surface area contributed by atoms with E-state index in [9.17, 15) is 0 Å². The zero-order chi connectivity index (χ0) is 23.5. The van der Waals surface area contributed by atoms with Gasteiger partial charge in [0, 0.05) is 33.8 Å². The van der Waals surface area contributed by atoms with Gasteiger partial charge in [0.15, 0.2) is 0 Å². The van der Waals surface area contributed by atoms with E-state index in [0.717, 1.165) is 32.8 Å². The first-order chi connectivity index (χ1) is 14.4. The number of hydrogen-bond acceptors (Lipinski definition) is 3. The van der Waals surface area contributed by atoms with Crippen LogP contribution in [0.3, 0.4) is 0 Å². The van der Waals surface area contributed by atoms with Crippen molar-refractivity contribution in [1.82, 2.24) is 0 Å². The van der Waals surface area contributed by atoms with Gasteiger partial charge in [0.2, 0.25) is 0 Å². The predicted octanol–water partition coefficient (Wildman–Crippen LogP) is 7.85. The summed E-state index contributed by atoms with van der Waals surface area (Å²) in [5.41, 5.74) is 6.98. The summed E-state index contributed by atoms with van der Waals surface area (Å²) in [6.07, 6.45) is 0. The van der Waals surface area contributed by atoms with Gasteiger partial charge in [0.05, 0.1) is 12.3 Å². The molecule has 0 N–H and O–H groups in total. The molecule has 0 fully saturated rings. The lowest BCUT2D eigenvalue weighted by molar-refractivity contribution is 0.506. The molecule has 3 nitrogen and oxygen atoms in total. The normalized spacial score (nSPS) is 14.4. The third kappa shape index (κ3) is 5.75. The first-order valence-corrected chi connectivity index (χ1v) is 11.6. The lowest BCUT2D eigenvalue weighted by Crippen LogP contribution is -2.28. The number of allylic oxidation sites excluding steroid dienone is 1. The van der Waals surface area contributed by atoms with Crippen molar-refractivity contribution < 1.29 is 0 Å². The number of rotatable bonds is 1. The molecule has 0 amide bonds. The number of fused-ring (bicyclic) bond motifs is 1. The van der Waals surface area contributed by atoms with Gasteiger partial charge in [-0.15, -0.1) is 11.3 Å². The van der Waals surface area contributed by atoms with Crippen molar-refractivity contribution in [2.45, 2.75) is 48.5 Å². The lowest BCUT2D eigenvalue weighted by Gasteiger charge is -2.23. The Bertz CT molecular complexity index is 1030. The van der Waals surface area contributed by atoms with Gasteiger partial charge in [0.1, 0.15) is 10.8 Å². The molecule has 2 aromatic rings. The van der Waals surface area contributed by atoms with E-state index in [1.54, 1.807) is 11.3 Å². The number of benzene rings is 1. The maximum absolute atomic E-state index is 6.05. The zero-order valence-electron chi connectivity index (χ0n) is 20.1. The van der Waals surface area contributed by atoms with Crippen molar-refractivity contribution >= 4 is 39.5 Å². The van der Waals surface area contributed by atoms with Gasteiger partial charge in [-0.05, 0) is 50.8 Å². The van der Waals surface area contributed by atoms with Gasteiger partial charge in [-0.2, -0.15) is 0 Å². The first kappa shape index (κ1) is 25.1. The molecule has 1 aliphatic heterocycles. The van der Waals surface area contributed by atoms with Crippen LogP contribution < -0.4 is 4.90 Å². The summed E-state index contributed by atoms with van der Waals surface area (Å²) in [7, 11) is 1.81.